The number of hydrogen-bond acceptors (Lipinski definition) is 0. The lowest BCUT2D eigenvalue weighted by molar-refractivity contribution is 1.49. The minimum Gasteiger partial charge on any atom is -0.0623 e. The topological polar surface area (TPSA) is 0 Å². The van der Waals surface area contributed by atoms with Gasteiger partial charge in [-0.1, -0.05) is 121 Å². The Labute approximate surface area is 200 Å². The first kappa shape index (κ1) is 18.5. The van der Waals surface area contributed by atoms with E-state index in [1.165, 1.54) is 49.4 Å². The van der Waals surface area contributed by atoms with Crippen molar-refractivity contribution in [3.05, 3.63) is 121 Å². The predicted molar refractivity (Wildman–Crippen MR) is 148 cm³/mol. The van der Waals surface area contributed by atoms with Crippen LogP contribution < -0.4 is 20.7 Å². The molecular formula is C33H22Si. The Morgan fingerprint density at radius 1 is 0.441 bits per heavy atom. The van der Waals surface area contributed by atoms with E-state index in [1.54, 1.807) is 20.7 Å². The van der Waals surface area contributed by atoms with Crippen molar-refractivity contribution in [3.63, 3.8) is 0 Å². The number of hydrogen-bond donors (Lipinski definition) is 0. The summed E-state index contributed by atoms with van der Waals surface area (Å²) in [5.74, 6) is 0. The molecule has 1 unspecified atom stereocenters. The maximum Gasteiger partial charge on any atom is 0.182 e. The van der Waals surface area contributed by atoms with Gasteiger partial charge in [0.1, 0.15) is 0 Å². The molecule has 0 aromatic heterocycles. The van der Waals surface area contributed by atoms with Crippen LogP contribution >= 0.6 is 0 Å². The third kappa shape index (κ3) is 2.01. The van der Waals surface area contributed by atoms with Crippen molar-refractivity contribution in [1.29, 1.82) is 0 Å². The van der Waals surface area contributed by atoms with Crippen LogP contribution in [0.25, 0.3) is 43.8 Å². The second-order valence-corrected chi connectivity index (χ2v) is 13.3. The smallest absolute Gasteiger partial charge is 0.0623 e. The van der Waals surface area contributed by atoms with Crippen molar-refractivity contribution in [2.45, 2.75) is 6.92 Å². The molecule has 0 N–H and O–H groups in total. The summed E-state index contributed by atoms with van der Waals surface area (Å²) in [4.78, 5) is 0. The van der Waals surface area contributed by atoms with Gasteiger partial charge in [0.25, 0.3) is 0 Å². The van der Waals surface area contributed by atoms with Crippen molar-refractivity contribution >= 4 is 50.4 Å². The maximum atomic E-state index is 2.50. The number of aryl methyl sites for hydroxylation is 1. The van der Waals surface area contributed by atoms with E-state index in [2.05, 4.69) is 122 Å². The Morgan fingerprint density at radius 2 is 0.971 bits per heavy atom. The molecule has 158 valence electrons. The summed E-state index contributed by atoms with van der Waals surface area (Å²) in [6.45, 7) is 2.24. The lowest BCUT2D eigenvalue weighted by atomic mass is 9.93. The van der Waals surface area contributed by atoms with E-state index in [9.17, 15) is 0 Å². The summed E-state index contributed by atoms with van der Waals surface area (Å²) in [5.41, 5.74) is 7.07. The highest BCUT2D eigenvalue weighted by molar-refractivity contribution is 7.25. The molecular weight excluding hydrogens is 424 g/mol. The summed E-state index contributed by atoms with van der Waals surface area (Å²) in [6.07, 6.45) is 0. The second-order valence-electron chi connectivity index (χ2n) is 9.73. The highest BCUT2D eigenvalue weighted by Gasteiger charge is 2.55. The molecule has 2 heterocycles. The summed E-state index contributed by atoms with van der Waals surface area (Å²) >= 11 is 0. The van der Waals surface area contributed by atoms with Crippen LogP contribution in [0.2, 0.25) is 0 Å². The highest BCUT2D eigenvalue weighted by Crippen LogP contribution is 2.42. The molecule has 6 aromatic rings. The normalized spacial score (nSPS) is 17.1. The van der Waals surface area contributed by atoms with Crippen LogP contribution in [0.15, 0.2) is 115 Å². The molecule has 1 heteroatoms. The Balaban J connectivity index is 1.72. The predicted octanol–water partition coefficient (Wildman–Crippen LogP) is 5.64. The van der Waals surface area contributed by atoms with Crippen LogP contribution in [0.3, 0.4) is 0 Å². The van der Waals surface area contributed by atoms with Gasteiger partial charge < -0.3 is 0 Å². The van der Waals surface area contributed by atoms with Gasteiger partial charge in [-0.05, 0) is 71.5 Å². The maximum absolute atomic E-state index is 2.50. The number of fused-ring (bicyclic) bond motifs is 15. The van der Waals surface area contributed by atoms with Crippen molar-refractivity contribution in [3.8, 4) is 22.3 Å². The molecule has 1 atom stereocenters. The van der Waals surface area contributed by atoms with Crippen LogP contribution in [-0.2, 0) is 0 Å². The van der Waals surface area contributed by atoms with Gasteiger partial charge in [0.2, 0.25) is 0 Å². The highest BCUT2D eigenvalue weighted by atomic mass is 28.3. The van der Waals surface area contributed by atoms with Gasteiger partial charge in [0, 0.05) is 0 Å². The molecule has 1 spiro atoms. The van der Waals surface area contributed by atoms with Gasteiger partial charge in [0.15, 0.2) is 8.07 Å². The van der Waals surface area contributed by atoms with Crippen molar-refractivity contribution < 1.29 is 0 Å². The monoisotopic (exact) mass is 446 g/mol. The molecule has 0 nitrogen and oxygen atoms in total. The van der Waals surface area contributed by atoms with E-state index in [0.29, 0.717) is 0 Å². The van der Waals surface area contributed by atoms with E-state index in [0.717, 1.165) is 0 Å². The first-order chi connectivity index (χ1) is 16.8. The zero-order chi connectivity index (χ0) is 22.4. The fraction of sp³-hybridized carbons (Fsp3) is 0.0303. The average Bonchev–Trinajstić information content (AvgIpc) is 3.36. The van der Waals surface area contributed by atoms with Crippen LogP contribution in [0.1, 0.15) is 5.56 Å². The zero-order valence-electron chi connectivity index (χ0n) is 19.0. The largest absolute Gasteiger partial charge is 0.182 e. The Morgan fingerprint density at radius 3 is 1.74 bits per heavy atom. The lowest BCUT2D eigenvalue weighted by Gasteiger charge is -2.29. The van der Waals surface area contributed by atoms with Crippen LogP contribution in [-0.4, -0.2) is 8.07 Å². The minimum absolute atomic E-state index is 1.34. The van der Waals surface area contributed by atoms with E-state index >= 15 is 0 Å². The van der Waals surface area contributed by atoms with Gasteiger partial charge in [-0.3, -0.25) is 0 Å². The lowest BCUT2D eigenvalue weighted by Crippen LogP contribution is -2.71. The summed E-state index contributed by atoms with van der Waals surface area (Å²) in [6, 6.07) is 43.8. The van der Waals surface area contributed by atoms with Gasteiger partial charge in [-0.15, -0.1) is 0 Å². The summed E-state index contributed by atoms with van der Waals surface area (Å²) in [5, 5.41) is 11.8. The minimum atomic E-state index is -2.46. The van der Waals surface area contributed by atoms with Gasteiger partial charge in [0.05, 0.1) is 0 Å². The summed E-state index contributed by atoms with van der Waals surface area (Å²) in [7, 11) is -2.46. The zero-order valence-corrected chi connectivity index (χ0v) is 20.0. The van der Waals surface area contributed by atoms with E-state index in [1.807, 2.05) is 0 Å². The molecule has 2 aliphatic rings. The molecule has 0 saturated carbocycles. The first-order valence-corrected chi connectivity index (χ1v) is 14.0. The molecule has 0 fully saturated rings. The van der Waals surface area contributed by atoms with E-state index in [-0.39, 0.29) is 0 Å². The third-order valence-electron chi connectivity index (χ3n) is 8.11. The quantitative estimate of drug-likeness (QED) is 0.209. The fourth-order valence-corrected chi connectivity index (χ4v) is 12.9. The van der Waals surface area contributed by atoms with Gasteiger partial charge >= 0.3 is 0 Å². The molecule has 0 bridgehead atoms. The first-order valence-electron chi connectivity index (χ1n) is 12.0. The van der Waals surface area contributed by atoms with E-state index < -0.39 is 8.07 Å². The van der Waals surface area contributed by atoms with Crippen LogP contribution in [0.4, 0.5) is 0 Å². The third-order valence-corrected chi connectivity index (χ3v) is 13.1. The number of rotatable bonds is 0. The van der Waals surface area contributed by atoms with Gasteiger partial charge in [-0.2, -0.15) is 0 Å². The molecule has 8 rings (SSSR count). The Kier molecular flexibility index (Phi) is 3.45. The molecule has 0 radical (unpaired) electrons. The number of benzene rings is 6. The fourth-order valence-electron chi connectivity index (χ4n) is 6.93. The van der Waals surface area contributed by atoms with E-state index in [4.69, 9.17) is 0 Å². The molecule has 0 saturated heterocycles. The molecule has 2 aliphatic heterocycles. The second kappa shape index (κ2) is 6.34. The molecule has 0 aliphatic carbocycles. The standard InChI is InChI=1S/C33H22Si/c1-21-18-19-25-24-12-6-8-16-29(24)34(31(25)20-21)30-17-9-7-15-28(30)32-26-13-4-2-10-22(26)23-11-3-5-14-27(23)33(32)34/h2-20H,1H3. The van der Waals surface area contributed by atoms with Crippen LogP contribution in [0.5, 0.6) is 0 Å². The molecule has 34 heavy (non-hydrogen) atoms. The molecule has 6 aromatic carbocycles. The van der Waals surface area contributed by atoms with Crippen molar-refractivity contribution in [1.82, 2.24) is 0 Å². The van der Waals surface area contributed by atoms with Gasteiger partial charge in [-0.25, -0.2) is 0 Å². The van der Waals surface area contributed by atoms with Crippen molar-refractivity contribution in [2.75, 3.05) is 0 Å². The summed E-state index contributed by atoms with van der Waals surface area (Å²) < 4.78 is 0. The Hall–Kier alpha value is -3.94. The van der Waals surface area contributed by atoms with Crippen molar-refractivity contribution in [2.24, 2.45) is 0 Å². The molecule has 0 amide bonds. The van der Waals surface area contributed by atoms with Crippen LogP contribution in [0, 0.1) is 6.92 Å². The average molecular weight is 447 g/mol. The Bertz CT molecular complexity index is 1830. The SMILES string of the molecule is Cc1ccc2c(c1)[Si]1(c3ccccc3-2)c2ccccc2-c2c1c1ccccc1c1ccccc21.